The van der Waals surface area contributed by atoms with E-state index >= 15 is 0 Å². The molecular weight excluding hydrogens is 248 g/mol. The summed E-state index contributed by atoms with van der Waals surface area (Å²) in [6.07, 6.45) is 3.69. The Morgan fingerprint density at radius 1 is 1.00 bits per heavy atom. The third kappa shape index (κ3) is 2.32. The van der Waals surface area contributed by atoms with E-state index in [2.05, 4.69) is 39.6 Å². The molecule has 4 heteroatoms. The highest BCUT2D eigenvalue weighted by Gasteiger charge is 2.06. The molecule has 0 bridgehead atoms. The van der Waals surface area contributed by atoms with Gasteiger partial charge in [-0.25, -0.2) is 0 Å². The third-order valence-electron chi connectivity index (χ3n) is 3.47. The zero-order valence-electron chi connectivity index (χ0n) is 11.6. The van der Waals surface area contributed by atoms with Crippen molar-refractivity contribution >= 4 is 16.6 Å². The molecule has 0 aliphatic rings. The smallest absolute Gasteiger partial charge is 0.156 e. The van der Waals surface area contributed by atoms with Crippen LogP contribution in [0.5, 0.6) is 0 Å². The van der Waals surface area contributed by atoms with Gasteiger partial charge in [0.25, 0.3) is 0 Å². The van der Waals surface area contributed by atoms with E-state index in [1.54, 1.807) is 6.20 Å². The number of hydrogen-bond acceptors (Lipinski definition) is 4. The second-order valence-corrected chi connectivity index (χ2v) is 4.84. The predicted octanol–water partition coefficient (Wildman–Crippen LogP) is 3.25. The predicted molar refractivity (Wildman–Crippen MR) is 80.6 cm³/mol. The van der Waals surface area contributed by atoms with Crippen LogP contribution < -0.4 is 5.32 Å². The minimum absolute atomic E-state index is 0.696. The topological polar surface area (TPSA) is 50.7 Å². The maximum absolute atomic E-state index is 4.27. The van der Waals surface area contributed by atoms with Crippen LogP contribution >= 0.6 is 0 Å². The molecule has 100 valence electrons. The number of nitrogens with one attached hydrogen (secondary N) is 1. The summed E-state index contributed by atoms with van der Waals surface area (Å²) in [6, 6.07) is 10.2. The summed E-state index contributed by atoms with van der Waals surface area (Å²) >= 11 is 0. The van der Waals surface area contributed by atoms with Gasteiger partial charge in [0.2, 0.25) is 0 Å². The monoisotopic (exact) mass is 264 g/mol. The van der Waals surface area contributed by atoms with Crippen LogP contribution in [0.3, 0.4) is 0 Å². The molecule has 0 amide bonds. The van der Waals surface area contributed by atoms with Crippen LogP contribution in [0, 0.1) is 13.8 Å². The van der Waals surface area contributed by atoms with Gasteiger partial charge in [0.15, 0.2) is 5.82 Å². The van der Waals surface area contributed by atoms with E-state index in [1.807, 2.05) is 31.3 Å². The lowest BCUT2D eigenvalue weighted by Gasteiger charge is -2.10. The molecule has 4 nitrogen and oxygen atoms in total. The van der Waals surface area contributed by atoms with Crippen LogP contribution in [0.15, 0.2) is 42.7 Å². The molecule has 0 spiro atoms. The van der Waals surface area contributed by atoms with E-state index in [-0.39, 0.29) is 0 Å². The van der Waals surface area contributed by atoms with Crippen LogP contribution in [-0.2, 0) is 6.54 Å². The van der Waals surface area contributed by atoms with E-state index in [0.717, 1.165) is 22.3 Å². The quantitative estimate of drug-likeness (QED) is 0.789. The van der Waals surface area contributed by atoms with Crippen molar-refractivity contribution in [2.45, 2.75) is 20.4 Å². The van der Waals surface area contributed by atoms with E-state index in [9.17, 15) is 0 Å². The zero-order valence-corrected chi connectivity index (χ0v) is 11.6. The van der Waals surface area contributed by atoms with Gasteiger partial charge in [0.05, 0.1) is 5.69 Å². The second kappa shape index (κ2) is 5.25. The molecule has 1 aromatic carbocycles. The largest absolute Gasteiger partial charge is 0.364 e. The number of hydrogen-bond donors (Lipinski definition) is 1. The molecule has 1 N–H and O–H groups in total. The van der Waals surface area contributed by atoms with Gasteiger partial charge in [0.1, 0.15) is 0 Å². The first-order valence-corrected chi connectivity index (χ1v) is 6.61. The first kappa shape index (κ1) is 12.5. The summed E-state index contributed by atoms with van der Waals surface area (Å²) < 4.78 is 0. The highest BCUT2D eigenvalue weighted by molar-refractivity contribution is 5.92. The van der Waals surface area contributed by atoms with Crippen molar-refractivity contribution in [1.82, 2.24) is 15.2 Å². The Kier molecular flexibility index (Phi) is 3.29. The Balaban J connectivity index is 1.92. The van der Waals surface area contributed by atoms with Gasteiger partial charge in [-0.2, -0.15) is 5.10 Å². The fourth-order valence-corrected chi connectivity index (χ4v) is 2.23. The summed E-state index contributed by atoms with van der Waals surface area (Å²) in [6.45, 7) is 4.75. The number of pyridine rings is 1. The number of benzene rings is 1. The van der Waals surface area contributed by atoms with E-state index < -0.39 is 0 Å². The summed E-state index contributed by atoms with van der Waals surface area (Å²) in [5.74, 6) is 0.814. The van der Waals surface area contributed by atoms with Gasteiger partial charge in [-0.3, -0.25) is 4.98 Å². The molecule has 2 aromatic heterocycles. The first-order chi connectivity index (χ1) is 9.75. The SMILES string of the molecule is Cc1ccncc1CNc1nnc(C)c2ccccc12. The van der Waals surface area contributed by atoms with E-state index in [0.29, 0.717) is 6.54 Å². The highest BCUT2D eigenvalue weighted by Crippen LogP contribution is 2.22. The fraction of sp³-hybridized carbons (Fsp3) is 0.188. The standard InChI is InChI=1S/C16H16N4/c1-11-7-8-17-9-13(11)10-18-16-15-6-4-3-5-14(15)12(2)19-20-16/h3-9H,10H2,1-2H3,(H,18,20). The molecule has 0 radical (unpaired) electrons. The normalized spacial score (nSPS) is 10.7. The van der Waals surface area contributed by atoms with Crippen molar-refractivity contribution in [2.75, 3.05) is 5.32 Å². The molecular formula is C16H16N4. The van der Waals surface area contributed by atoms with E-state index in [1.165, 1.54) is 11.1 Å². The summed E-state index contributed by atoms with van der Waals surface area (Å²) in [7, 11) is 0. The lowest BCUT2D eigenvalue weighted by atomic mass is 10.1. The van der Waals surface area contributed by atoms with Crippen LogP contribution in [0.2, 0.25) is 0 Å². The summed E-state index contributed by atoms with van der Waals surface area (Å²) in [5.41, 5.74) is 3.33. The number of aryl methyl sites for hydroxylation is 2. The van der Waals surface area contributed by atoms with Gasteiger partial charge in [0, 0.05) is 29.7 Å². The number of rotatable bonds is 3. The molecule has 0 aliphatic heterocycles. The lowest BCUT2D eigenvalue weighted by molar-refractivity contribution is 0.976. The van der Waals surface area contributed by atoms with Crippen LogP contribution in [0.4, 0.5) is 5.82 Å². The molecule has 3 rings (SSSR count). The Hall–Kier alpha value is -2.49. The van der Waals surface area contributed by atoms with Crippen LogP contribution in [-0.4, -0.2) is 15.2 Å². The zero-order chi connectivity index (χ0) is 13.9. The molecule has 2 heterocycles. The Morgan fingerprint density at radius 3 is 2.60 bits per heavy atom. The molecule has 0 saturated carbocycles. The van der Waals surface area contributed by atoms with Crippen molar-refractivity contribution < 1.29 is 0 Å². The molecule has 0 fully saturated rings. The summed E-state index contributed by atoms with van der Waals surface area (Å²) in [5, 5.41) is 14.1. The minimum atomic E-state index is 0.696. The van der Waals surface area contributed by atoms with Gasteiger partial charge in [-0.15, -0.1) is 5.10 Å². The van der Waals surface area contributed by atoms with Crippen molar-refractivity contribution in [1.29, 1.82) is 0 Å². The highest BCUT2D eigenvalue weighted by atomic mass is 15.2. The van der Waals surface area contributed by atoms with Gasteiger partial charge in [-0.05, 0) is 31.0 Å². The summed E-state index contributed by atoms with van der Waals surface area (Å²) in [4.78, 5) is 4.16. The number of aromatic nitrogens is 3. The van der Waals surface area contributed by atoms with Gasteiger partial charge >= 0.3 is 0 Å². The van der Waals surface area contributed by atoms with Crippen molar-refractivity contribution in [3.05, 3.63) is 59.5 Å². The maximum Gasteiger partial charge on any atom is 0.156 e. The van der Waals surface area contributed by atoms with Crippen molar-refractivity contribution in [2.24, 2.45) is 0 Å². The molecule has 0 saturated heterocycles. The molecule has 0 unspecified atom stereocenters. The van der Waals surface area contributed by atoms with Gasteiger partial charge in [-0.1, -0.05) is 24.3 Å². The maximum atomic E-state index is 4.27. The molecule has 3 aromatic rings. The molecule has 0 aliphatic carbocycles. The second-order valence-electron chi connectivity index (χ2n) is 4.84. The first-order valence-electron chi connectivity index (χ1n) is 6.61. The number of anilines is 1. The van der Waals surface area contributed by atoms with Gasteiger partial charge < -0.3 is 5.32 Å². The third-order valence-corrected chi connectivity index (χ3v) is 3.47. The Morgan fingerprint density at radius 2 is 1.80 bits per heavy atom. The van der Waals surface area contributed by atoms with E-state index in [4.69, 9.17) is 0 Å². The average Bonchev–Trinajstić information content (AvgIpc) is 2.48. The minimum Gasteiger partial charge on any atom is -0.364 e. The Bertz CT molecular complexity index is 752. The molecule has 20 heavy (non-hydrogen) atoms. The number of nitrogens with zero attached hydrogens (tertiary/aromatic N) is 3. The van der Waals surface area contributed by atoms with Crippen LogP contribution in [0.1, 0.15) is 16.8 Å². The number of fused-ring (bicyclic) bond motifs is 1. The fourth-order valence-electron chi connectivity index (χ4n) is 2.23. The Labute approximate surface area is 117 Å². The van der Waals surface area contributed by atoms with Crippen molar-refractivity contribution in [3.8, 4) is 0 Å². The average molecular weight is 264 g/mol. The lowest BCUT2D eigenvalue weighted by Crippen LogP contribution is -2.05. The van der Waals surface area contributed by atoms with Crippen LogP contribution in [0.25, 0.3) is 10.8 Å². The molecule has 0 atom stereocenters. The van der Waals surface area contributed by atoms with Crippen molar-refractivity contribution in [3.63, 3.8) is 0 Å².